The molecule has 27 heavy (non-hydrogen) atoms. The van der Waals surface area contributed by atoms with Gasteiger partial charge in [0.1, 0.15) is 0 Å². The van der Waals surface area contributed by atoms with Crippen LogP contribution in [0.1, 0.15) is 54.1 Å². The second kappa shape index (κ2) is 7.69. The summed E-state index contributed by atoms with van der Waals surface area (Å²) >= 11 is 0. The van der Waals surface area contributed by atoms with E-state index in [0.717, 1.165) is 29.1 Å². The second-order valence-electron chi connectivity index (χ2n) is 6.77. The lowest BCUT2D eigenvalue weighted by Crippen LogP contribution is -2.23. The van der Waals surface area contributed by atoms with Gasteiger partial charge in [0, 0.05) is 35.5 Å². The van der Waals surface area contributed by atoms with E-state index in [2.05, 4.69) is 32.9 Å². The van der Waals surface area contributed by atoms with E-state index in [1.807, 2.05) is 50.6 Å². The van der Waals surface area contributed by atoms with Crippen LogP contribution in [0.15, 0.2) is 24.3 Å². The highest BCUT2D eigenvalue weighted by Gasteiger charge is 2.15. The maximum absolute atomic E-state index is 12.7. The van der Waals surface area contributed by atoms with Crippen LogP contribution in [0, 0.1) is 13.8 Å². The summed E-state index contributed by atoms with van der Waals surface area (Å²) in [7, 11) is 0. The highest BCUT2D eigenvalue weighted by atomic mass is 16.1. The van der Waals surface area contributed by atoms with Gasteiger partial charge in [-0.2, -0.15) is 5.10 Å². The van der Waals surface area contributed by atoms with Crippen LogP contribution in [0.2, 0.25) is 0 Å². The Kier molecular flexibility index (Phi) is 5.34. The largest absolute Gasteiger partial charge is 0.348 e. The van der Waals surface area contributed by atoms with Gasteiger partial charge < -0.3 is 5.32 Å². The van der Waals surface area contributed by atoms with Crippen molar-refractivity contribution in [2.75, 3.05) is 0 Å². The van der Waals surface area contributed by atoms with Crippen LogP contribution in [0.3, 0.4) is 0 Å². The molecule has 0 unspecified atom stereocenters. The number of carbonyl (C=O) groups is 1. The number of aryl methyl sites for hydroxylation is 2. The fraction of sp³-hybridized carbons (Fsp3) is 0.421. The highest BCUT2D eigenvalue weighted by Crippen LogP contribution is 2.20. The second-order valence-corrected chi connectivity index (χ2v) is 6.77. The Balaban J connectivity index is 1.78. The number of aromatic nitrogens is 6. The highest BCUT2D eigenvalue weighted by molar-refractivity contribution is 5.95. The molecule has 0 aliphatic rings. The molecule has 1 N–H and O–H groups in total. The molecule has 1 amide bonds. The van der Waals surface area contributed by atoms with E-state index in [1.54, 1.807) is 10.7 Å². The van der Waals surface area contributed by atoms with Crippen molar-refractivity contribution in [3.63, 3.8) is 0 Å². The molecule has 0 radical (unpaired) electrons. The van der Waals surface area contributed by atoms with Crippen molar-refractivity contribution in [2.45, 2.75) is 53.8 Å². The van der Waals surface area contributed by atoms with Crippen LogP contribution in [0.5, 0.6) is 0 Å². The standard InChI is InChI=1S/C19H25N7O/c1-6-25-14(5)17(13(4)22-25)11-20-19(27)16-9-7-8-15(10-16)18-21-23-24-26(18)12(2)3/h7-10,12H,6,11H2,1-5H3,(H,20,27). The summed E-state index contributed by atoms with van der Waals surface area (Å²) in [5, 5.41) is 19.4. The number of carbonyl (C=O) groups excluding carboxylic acids is 1. The predicted octanol–water partition coefficient (Wildman–Crippen LogP) is 2.68. The SMILES string of the molecule is CCn1nc(C)c(CNC(=O)c2cccc(-c3nnnn3C(C)C)c2)c1C. The monoisotopic (exact) mass is 367 g/mol. The molecular formula is C19H25N7O. The minimum atomic E-state index is -0.136. The van der Waals surface area contributed by atoms with Gasteiger partial charge in [-0.05, 0) is 57.2 Å². The van der Waals surface area contributed by atoms with E-state index in [0.29, 0.717) is 17.9 Å². The summed E-state index contributed by atoms with van der Waals surface area (Å²) in [5.74, 6) is 0.513. The van der Waals surface area contributed by atoms with Crippen LogP contribution in [-0.4, -0.2) is 35.9 Å². The van der Waals surface area contributed by atoms with Crippen molar-refractivity contribution < 1.29 is 4.79 Å². The van der Waals surface area contributed by atoms with Gasteiger partial charge in [0.05, 0.1) is 11.7 Å². The lowest BCUT2D eigenvalue weighted by Gasteiger charge is -2.10. The van der Waals surface area contributed by atoms with Gasteiger partial charge in [-0.15, -0.1) is 5.10 Å². The Morgan fingerprint density at radius 3 is 2.70 bits per heavy atom. The van der Waals surface area contributed by atoms with E-state index in [1.165, 1.54) is 0 Å². The molecule has 2 aromatic heterocycles. The molecule has 8 heteroatoms. The number of hydrogen-bond donors (Lipinski definition) is 1. The summed E-state index contributed by atoms with van der Waals surface area (Å²) in [4.78, 5) is 12.7. The zero-order valence-corrected chi connectivity index (χ0v) is 16.4. The quantitative estimate of drug-likeness (QED) is 0.723. The molecule has 0 spiro atoms. The minimum absolute atomic E-state index is 0.133. The molecule has 2 heterocycles. The summed E-state index contributed by atoms with van der Waals surface area (Å²) in [6.07, 6.45) is 0. The van der Waals surface area contributed by atoms with Gasteiger partial charge >= 0.3 is 0 Å². The molecule has 0 saturated heterocycles. The molecule has 8 nitrogen and oxygen atoms in total. The van der Waals surface area contributed by atoms with Crippen molar-refractivity contribution in [3.05, 3.63) is 46.8 Å². The van der Waals surface area contributed by atoms with Crippen LogP contribution in [-0.2, 0) is 13.1 Å². The van der Waals surface area contributed by atoms with Crippen molar-refractivity contribution >= 4 is 5.91 Å². The molecule has 0 atom stereocenters. The van der Waals surface area contributed by atoms with Gasteiger partial charge in [-0.3, -0.25) is 9.48 Å². The fourth-order valence-corrected chi connectivity index (χ4v) is 3.10. The lowest BCUT2D eigenvalue weighted by molar-refractivity contribution is 0.0951. The molecule has 142 valence electrons. The van der Waals surface area contributed by atoms with Gasteiger partial charge in [0.25, 0.3) is 5.91 Å². The third-order valence-corrected chi connectivity index (χ3v) is 4.62. The van der Waals surface area contributed by atoms with Crippen molar-refractivity contribution in [3.8, 4) is 11.4 Å². The number of rotatable bonds is 6. The first kappa shape index (κ1) is 18.8. The third-order valence-electron chi connectivity index (χ3n) is 4.62. The van der Waals surface area contributed by atoms with E-state index >= 15 is 0 Å². The van der Waals surface area contributed by atoms with E-state index in [4.69, 9.17) is 0 Å². The first-order valence-electron chi connectivity index (χ1n) is 9.11. The molecule has 0 aliphatic heterocycles. The van der Waals surface area contributed by atoms with Crippen LogP contribution in [0.4, 0.5) is 0 Å². The van der Waals surface area contributed by atoms with Crippen molar-refractivity contribution in [2.24, 2.45) is 0 Å². The first-order chi connectivity index (χ1) is 12.9. The normalized spacial score (nSPS) is 11.2. The zero-order chi connectivity index (χ0) is 19.6. The molecule has 0 bridgehead atoms. The average Bonchev–Trinajstić information content (AvgIpc) is 3.25. The van der Waals surface area contributed by atoms with Crippen LogP contribution in [0.25, 0.3) is 11.4 Å². The number of nitrogens with one attached hydrogen (secondary N) is 1. The van der Waals surface area contributed by atoms with E-state index < -0.39 is 0 Å². The van der Waals surface area contributed by atoms with E-state index in [-0.39, 0.29) is 11.9 Å². The van der Waals surface area contributed by atoms with Gasteiger partial charge in [-0.1, -0.05) is 12.1 Å². The Bertz CT molecular complexity index is 955. The maximum Gasteiger partial charge on any atom is 0.251 e. The first-order valence-corrected chi connectivity index (χ1v) is 9.11. The van der Waals surface area contributed by atoms with Crippen LogP contribution >= 0.6 is 0 Å². The molecule has 0 fully saturated rings. The minimum Gasteiger partial charge on any atom is -0.348 e. The van der Waals surface area contributed by atoms with E-state index in [9.17, 15) is 4.79 Å². The number of nitrogens with zero attached hydrogens (tertiary/aromatic N) is 6. The van der Waals surface area contributed by atoms with Gasteiger partial charge in [0.15, 0.2) is 5.82 Å². The number of benzene rings is 1. The topological polar surface area (TPSA) is 90.5 Å². The summed E-state index contributed by atoms with van der Waals surface area (Å²) < 4.78 is 3.69. The van der Waals surface area contributed by atoms with Crippen LogP contribution < -0.4 is 5.32 Å². The average molecular weight is 367 g/mol. The maximum atomic E-state index is 12.7. The van der Waals surface area contributed by atoms with Gasteiger partial charge in [-0.25, -0.2) is 4.68 Å². The number of tetrazole rings is 1. The predicted molar refractivity (Wildman–Crippen MR) is 102 cm³/mol. The molecule has 3 rings (SSSR count). The summed E-state index contributed by atoms with van der Waals surface area (Å²) in [6.45, 7) is 11.3. The summed E-state index contributed by atoms with van der Waals surface area (Å²) in [6, 6.07) is 7.48. The van der Waals surface area contributed by atoms with Crippen molar-refractivity contribution in [1.29, 1.82) is 0 Å². The van der Waals surface area contributed by atoms with Crippen molar-refractivity contribution in [1.82, 2.24) is 35.3 Å². The number of hydrogen-bond acceptors (Lipinski definition) is 5. The molecular weight excluding hydrogens is 342 g/mol. The Labute approximate surface area is 158 Å². The smallest absolute Gasteiger partial charge is 0.251 e. The number of amides is 1. The molecule has 0 saturated carbocycles. The molecule has 3 aromatic rings. The lowest BCUT2D eigenvalue weighted by atomic mass is 10.1. The summed E-state index contributed by atoms with van der Waals surface area (Å²) in [5.41, 5.74) is 4.47. The Morgan fingerprint density at radius 1 is 1.26 bits per heavy atom. The Morgan fingerprint density at radius 2 is 2.04 bits per heavy atom. The fourth-order valence-electron chi connectivity index (χ4n) is 3.10. The zero-order valence-electron chi connectivity index (χ0n) is 16.4. The Hall–Kier alpha value is -3.03. The molecule has 1 aromatic carbocycles. The van der Waals surface area contributed by atoms with Gasteiger partial charge in [0.2, 0.25) is 0 Å². The third kappa shape index (κ3) is 3.74. The molecule has 0 aliphatic carbocycles.